The van der Waals surface area contributed by atoms with Crippen molar-refractivity contribution in [3.05, 3.63) is 35.4 Å². The Kier molecular flexibility index (Phi) is 4.34. The van der Waals surface area contributed by atoms with Crippen molar-refractivity contribution < 1.29 is 14.3 Å². The maximum atomic E-state index is 12.1. The van der Waals surface area contributed by atoms with E-state index >= 15 is 0 Å². The number of rotatable bonds is 7. The van der Waals surface area contributed by atoms with Crippen LogP contribution in [0.5, 0.6) is 0 Å². The van der Waals surface area contributed by atoms with Crippen molar-refractivity contribution in [3.8, 4) is 0 Å². The van der Waals surface area contributed by atoms with Gasteiger partial charge in [-0.1, -0.05) is 24.3 Å². The molecule has 0 radical (unpaired) electrons. The number of carbonyl (C=O) groups is 1. The third-order valence-electron chi connectivity index (χ3n) is 3.59. The molecule has 1 fully saturated rings. The van der Waals surface area contributed by atoms with Crippen molar-refractivity contribution in [1.82, 2.24) is 0 Å². The Hall–Kier alpha value is -1.38. The van der Waals surface area contributed by atoms with Crippen LogP contribution in [0.15, 0.2) is 24.3 Å². The van der Waals surface area contributed by atoms with Crippen LogP contribution in [0.1, 0.15) is 42.7 Å². The molecule has 2 nitrogen and oxygen atoms in total. The lowest BCUT2D eigenvalue weighted by atomic mass is 9.90. The first-order chi connectivity index (χ1) is 8.70. The summed E-state index contributed by atoms with van der Waals surface area (Å²) in [7, 11) is 0. The van der Waals surface area contributed by atoms with E-state index in [1.807, 2.05) is 24.3 Å². The lowest BCUT2D eigenvalue weighted by molar-refractivity contribution is -0.137. The molecule has 1 N–H and O–H groups in total. The van der Waals surface area contributed by atoms with Gasteiger partial charge in [0.05, 0.1) is 13.1 Å². The zero-order valence-electron chi connectivity index (χ0n) is 10.4. The monoisotopic (exact) mass is 250 g/mol. The minimum absolute atomic E-state index is 0.151. The van der Waals surface area contributed by atoms with E-state index in [0.29, 0.717) is 12.3 Å². The van der Waals surface area contributed by atoms with Crippen LogP contribution >= 0.6 is 0 Å². The van der Waals surface area contributed by atoms with Crippen LogP contribution < -0.4 is 0 Å². The summed E-state index contributed by atoms with van der Waals surface area (Å²) < 4.78 is 12.1. The molecule has 2 rings (SSSR count). The molecule has 98 valence electrons. The predicted molar refractivity (Wildman–Crippen MR) is 68.5 cm³/mol. The number of hydrogen-bond acceptors (Lipinski definition) is 1. The zero-order valence-corrected chi connectivity index (χ0v) is 10.4. The minimum atomic E-state index is -0.728. The SMILES string of the molecule is O=C(O)CC(c1ccc(CCCF)cc1)C1CC1. The van der Waals surface area contributed by atoms with Crippen molar-refractivity contribution >= 4 is 5.97 Å². The fraction of sp³-hybridized carbons (Fsp3) is 0.533. The highest BCUT2D eigenvalue weighted by Gasteiger charge is 2.33. The summed E-state index contributed by atoms with van der Waals surface area (Å²) in [5, 5.41) is 8.95. The molecule has 1 saturated carbocycles. The molecule has 1 aromatic carbocycles. The molecule has 18 heavy (non-hydrogen) atoms. The number of aryl methyl sites for hydroxylation is 1. The van der Waals surface area contributed by atoms with Gasteiger partial charge in [0, 0.05) is 0 Å². The van der Waals surface area contributed by atoms with E-state index in [9.17, 15) is 9.18 Å². The van der Waals surface area contributed by atoms with Crippen LogP contribution in [0.4, 0.5) is 4.39 Å². The van der Waals surface area contributed by atoms with E-state index in [0.717, 1.165) is 30.4 Å². The van der Waals surface area contributed by atoms with Gasteiger partial charge in [0.25, 0.3) is 0 Å². The average Bonchev–Trinajstić information content (AvgIpc) is 3.18. The van der Waals surface area contributed by atoms with Gasteiger partial charge in [0.2, 0.25) is 0 Å². The van der Waals surface area contributed by atoms with Gasteiger partial charge < -0.3 is 5.11 Å². The van der Waals surface area contributed by atoms with Crippen molar-refractivity contribution in [1.29, 1.82) is 0 Å². The fourth-order valence-corrected chi connectivity index (χ4v) is 2.45. The van der Waals surface area contributed by atoms with Crippen LogP contribution in [0.25, 0.3) is 0 Å². The molecule has 0 bridgehead atoms. The minimum Gasteiger partial charge on any atom is -0.481 e. The Morgan fingerprint density at radius 1 is 1.33 bits per heavy atom. The molecule has 0 spiro atoms. The first-order valence-corrected chi connectivity index (χ1v) is 6.57. The van der Waals surface area contributed by atoms with Crippen molar-refractivity contribution in [3.63, 3.8) is 0 Å². The van der Waals surface area contributed by atoms with Crippen molar-refractivity contribution in [2.45, 2.75) is 38.0 Å². The first-order valence-electron chi connectivity index (χ1n) is 6.57. The normalized spacial score (nSPS) is 16.5. The van der Waals surface area contributed by atoms with Gasteiger partial charge in [-0.3, -0.25) is 9.18 Å². The van der Waals surface area contributed by atoms with Crippen LogP contribution in [0.3, 0.4) is 0 Å². The van der Waals surface area contributed by atoms with E-state index in [1.54, 1.807) is 0 Å². The Morgan fingerprint density at radius 3 is 2.50 bits per heavy atom. The molecule has 1 atom stereocenters. The molecule has 0 aliphatic heterocycles. The smallest absolute Gasteiger partial charge is 0.303 e. The summed E-state index contributed by atoms with van der Waals surface area (Å²) in [4.78, 5) is 10.9. The topological polar surface area (TPSA) is 37.3 Å². The highest BCUT2D eigenvalue weighted by molar-refractivity contribution is 5.68. The fourth-order valence-electron chi connectivity index (χ4n) is 2.45. The quantitative estimate of drug-likeness (QED) is 0.803. The lowest BCUT2D eigenvalue weighted by Gasteiger charge is -2.14. The number of benzene rings is 1. The van der Waals surface area contributed by atoms with Gasteiger partial charge in [-0.15, -0.1) is 0 Å². The standard InChI is InChI=1S/C15H19FO2/c16-9-1-2-11-3-5-12(6-4-11)14(10-15(17)18)13-7-8-13/h3-6,13-14H,1-2,7-10H2,(H,17,18). The van der Waals surface area contributed by atoms with Gasteiger partial charge in [-0.05, 0) is 48.6 Å². The molecule has 0 saturated heterocycles. The van der Waals surface area contributed by atoms with Gasteiger partial charge >= 0.3 is 5.97 Å². The first kappa shape index (κ1) is 13.1. The lowest BCUT2D eigenvalue weighted by Crippen LogP contribution is -2.08. The Balaban J connectivity index is 2.03. The Morgan fingerprint density at radius 2 is 2.00 bits per heavy atom. The van der Waals surface area contributed by atoms with Gasteiger partial charge in [0.1, 0.15) is 0 Å². The number of alkyl halides is 1. The molecule has 0 heterocycles. The zero-order chi connectivity index (χ0) is 13.0. The van der Waals surface area contributed by atoms with Crippen LogP contribution in [-0.2, 0) is 11.2 Å². The van der Waals surface area contributed by atoms with Crippen LogP contribution in [0.2, 0.25) is 0 Å². The van der Waals surface area contributed by atoms with E-state index in [4.69, 9.17) is 5.11 Å². The van der Waals surface area contributed by atoms with E-state index in [-0.39, 0.29) is 19.0 Å². The van der Waals surface area contributed by atoms with Crippen molar-refractivity contribution in [2.75, 3.05) is 6.67 Å². The third-order valence-corrected chi connectivity index (χ3v) is 3.59. The number of carboxylic acids is 1. The van der Waals surface area contributed by atoms with E-state index < -0.39 is 5.97 Å². The molecule has 0 amide bonds. The maximum Gasteiger partial charge on any atom is 0.303 e. The molecule has 3 heteroatoms. The summed E-state index contributed by atoms with van der Waals surface area (Å²) in [6.45, 7) is -0.286. The number of hydrogen-bond donors (Lipinski definition) is 1. The largest absolute Gasteiger partial charge is 0.481 e. The number of aliphatic carboxylic acids is 1. The second kappa shape index (κ2) is 5.98. The van der Waals surface area contributed by atoms with E-state index in [2.05, 4.69) is 0 Å². The Bertz CT molecular complexity index is 395. The second-order valence-corrected chi connectivity index (χ2v) is 5.08. The second-order valence-electron chi connectivity index (χ2n) is 5.08. The molecule has 1 aliphatic carbocycles. The molecule has 0 aromatic heterocycles. The van der Waals surface area contributed by atoms with E-state index in [1.165, 1.54) is 0 Å². The number of halogens is 1. The third kappa shape index (κ3) is 3.56. The van der Waals surface area contributed by atoms with Crippen LogP contribution in [-0.4, -0.2) is 17.8 Å². The molecule has 1 aromatic rings. The number of carboxylic acid groups (broad SMARTS) is 1. The Labute approximate surface area is 107 Å². The summed E-state index contributed by atoms with van der Waals surface area (Å²) in [6.07, 6.45) is 3.81. The predicted octanol–water partition coefficient (Wildman–Crippen LogP) is 3.56. The summed E-state index contributed by atoms with van der Waals surface area (Å²) >= 11 is 0. The maximum absolute atomic E-state index is 12.1. The highest BCUT2D eigenvalue weighted by Crippen LogP contribution is 2.44. The molecular weight excluding hydrogens is 231 g/mol. The van der Waals surface area contributed by atoms with Gasteiger partial charge in [-0.25, -0.2) is 0 Å². The van der Waals surface area contributed by atoms with Crippen LogP contribution in [0, 0.1) is 5.92 Å². The molecule has 1 aliphatic rings. The van der Waals surface area contributed by atoms with Gasteiger partial charge in [-0.2, -0.15) is 0 Å². The summed E-state index contributed by atoms with van der Waals surface area (Å²) in [5.41, 5.74) is 2.24. The van der Waals surface area contributed by atoms with Gasteiger partial charge in [0.15, 0.2) is 0 Å². The summed E-state index contributed by atoms with van der Waals surface area (Å²) in [6, 6.07) is 8.03. The molecular formula is C15H19FO2. The van der Waals surface area contributed by atoms with Crippen molar-refractivity contribution in [2.24, 2.45) is 5.92 Å². The molecule has 1 unspecified atom stereocenters. The highest BCUT2D eigenvalue weighted by atomic mass is 19.1. The summed E-state index contributed by atoms with van der Waals surface area (Å²) in [5.74, 6) is -0.0380. The average molecular weight is 250 g/mol.